The van der Waals surface area contributed by atoms with E-state index in [2.05, 4.69) is 15.0 Å². The maximum Gasteiger partial charge on any atom is 0.280 e. The fourth-order valence-electron chi connectivity index (χ4n) is 1.44. The Morgan fingerprint density at radius 3 is 3.46 bits per heavy atom. The van der Waals surface area contributed by atoms with Crippen molar-refractivity contribution in [2.75, 3.05) is 5.75 Å². The average molecular weight is 194 g/mol. The highest BCUT2D eigenvalue weighted by Gasteiger charge is 2.17. The molecule has 0 bridgehead atoms. The summed E-state index contributed by atoms with van der Waals surface area (Å²) < 4.78 is 1.69. The summed E-state index contributed by atoms with van der Waals surface area (Å²) in [7, 11) is 0. The van der Waals surface area contributed by atoms with Crippen LogP contribution in [0.15, 0.2) is 16.3 Å². The van der Waals surface area contributed by atoms with Gasteiger partial charge in [0.2, 0.25) is 0 Å². The molecule has 2 aromatic heterocycles. The first-order valence-electron chi connectivity index (χ1n) is 3.93. The molecule has 1 aliphatic heterocycles. The fraction of sp³-hybridized carbons (Fsp3) is 0.286. The third kappa shape index (κ3) is 0.859. The third-order valence-electron chi connectivity index (χ3n) is 2.06. The molecular weight excluding hydrogens is 188 g/mol. The van der Waals surface area contributed by atoms with Gasteiger partial charge in [-0.15, -0.1) is 0 Å². The van der Waals surface area contributed by atoms with Crippen molar-refractivity contribution in [1.29, 1.82) is 0 Å². The number of aromatic nitrogens is 4. The summed E-state index contributed by atoms with van der Waals surface area (Å²) in [6.07, 6.45) is 1.50. The molecule has 0 saturated heterocycles. The molecule has 66 valence electrons. The Morgan fingerprint density at radius 2 is 2.54 bits per heavy atom. The van der Waals surface area contributed by atoms with Crippen molar-refractivity contribution in [3.05, 3.63) is 16.7 Å². The number of rotatable bonds is 0. The summed E-state index contributed by atoms with van der Waals surface area (Å²) in [4.78, 5) is 22.7. The molecule has 13 heavy (non-hydrogen) atoms. The van der Waals surface area contributed by atoms with E-state index in [1.807, 2.05) is 0 Å². The molecule has 0 radical (unpaired) electrons. The first kappa shape index (κ1) is 7.14. The average Bonchev–Trinajstić information content (AvgIpc) is 2.71. The first-order valence-corrected chi connectivity index (χ1v) is 4.91. The Morgan fingerprint density at radius 1 is 1.62 bits per heavy atom. The van der Waals surface area contributed by atoms with E-state index < -0.39 is 0 Å². The van der Waals surface area contributed by atoms with Crippen molar-refractivity contribution < 1.29 is 0 Å². The minimum absolute atomic E-state index is 0.0116. The van der Waals surface area contributed by atoms with Crippen molar-refractivity contribution in [3.8, 4) is 0 Å². The highest BCUT2D eigenvalue weighted by atomic mass is 32.2. The van der Waals surface area contributed by atoms with Crippen LogP contribution in [-0.4, -0.2) is 25.3 Å². The van der Waals surface area contributed by atoms with Crippen molar-refractivity contribution >= 4 is 22.9 Å². The molecule has 0 amide bonds. The minimum Gasteiger partial charge on any atom is -0.339 e. The summed E-state index contributed by atoms with van der Waals surface area (Å²) in [5.41, 5.74) is 1.01. The second-order valence-corrected chi connectivity index (χ2v) is 3.86. The molecule has 0 spiro atoms. The van der Waals surface area contributed by atoms with E-state index in [-0.39, 0.29) is 5.56 Å². The maximum atomic E-state index is 11.7. The van der Waals surface area contributed by atoms with Crippen molar-refractivity contribution in [2.45, 2.75) is 11.7 Å². The molecular formula is C7H6N4OS. The quantitative estimate of drug-likeness (QED) is 0.609. The van der Waals surface area contributed by atoms with Crippen LogP contribution in [0.25, 0.3) is 11.2 Å². The van der Waals surface area contributed by atoms with E-state index in [1.54, 1.807) is 16.3 Å². The summed E-state index contributed by atoms with van der Waals surface area (Å²) in [5, 5.41) is 0.782. The summed E-state index contributed by atoms with van der Waals surface area (Å²) in [5.74, 6) is 0.925. The van der Waals surface area contributed by atoms with Gasteiger partial charge in [0, 0.05) is 12.3 Å². The first-order chi connectivity index (χ1) is 6.36. The molecule has 0 fully saturated rings. The summed E-state index contributed by atoms with van der Waals surface area (Å²) in [6, 6.07) is 0. The second kappa shape index (κ2) is 2.35. The van der Waals surface area contributed by atoms with Crippen molar-refractivity contribution in [3.63, 3.8) is 0 Å². The number of hydrogen-bond acceptors (Lipinski definition) is 4. The van der Waals surface area contributed by atoms with Crippen LogP contribution in [0.5, 0.6) is 0 Å². The second-order valence-electron chi connectivity index (χ2n) is 2.80. The molecule has 0 aliphatic carbocycles. The van der Waals surface area contributed by atoms with Crippen LogP contribution in [0, 0.1) is 0 Å². The predicted octanol–water partition coefficient (Wildman–Crippen LogP) is 0.225. The standard InChI is InChI=1S/C7H6N4OS/c12-6-4-5(9-3-8-4)10-7-11(6)1-2-13-7/h3H,1-2H2,(H,8,9). The number of nitrogens with one attached hydrogen (secondary N) is 1. The number of imidazole rings is 1. The van der Waals surface area contributed by atoms with E-state index in [4.69, 9.17) is 0 Å². The Hall–Kier alpha value is -1.30. The largest absolute Gasteiger partial charge is 0.339 e. The predicted molar refractivity (Wildman–Crippen MR) is 48.9 cm³/mol. The number of aromatic amines is 1. The molecule has 0 atom stereocenters. The number of fused-ring (bicyclic) bond motifs is 2. The Bertz CT molecular complexity index is 529. The Labute approximate surface area is 77.2 Å². The van der Waals surface area contributed by atoms with Gasteiger partial charge >= 0.3 is 0 Å². The lowest BCUT2D eigenvalue weighted by Crippen LogP contribution is -2.20. The zero-order chi connectivity index (χ0) is 8.84. The molecule has 0 aromatic carbocycles. The number of thioether (sulfide) groups is 1. The SMILES string of the molecule is O=c1c2[nH]cnc2nc2n1CCS2. The van der Waals surface area contributed by atoms with Gasteiger partial charge in [-0.05, 0) is 0 Å². The Balaban J connectivity index is 2.53. The monoisotopic (exact) mass is 194 g/mol. The van der Waals surface area contributed by atoms with Crippen LogP contribution in [0.3, 0.4) is 0 Å². The number of nitrogens with zero attached hydrogens (tertiary/aromatic N) is 3. The lowest BCUT2D eigenvalue weighted by Gasteiger charge is -1.98. The van der Waals surface area contributed by atoms with Crippen LogP contribution in [0.1, 0.15) is 0 Å². The molecule has 0 unspecified atom stereocenters. The van der Waals surface area contributed by atoms with Gasteiger partial charge < -0.3 is 4.98 Å². The lowest BCUT2D eigenvalue weighted by molar-refractivity contribution is 0.667. The molecule has 2 aromatic rings. The van der Waals surface area contributed by atoms with E-state index in [0.29, 0.717) is 11.2 Å². The topological polar surface area (TPSA) is 63.6 Å². The van der Waals surface area contributed by atoms with Crippen LogP contribution in [0.2, 0.25) is 0 Å². The molecule has 6 heteroatoms. The van der Waals surface area contributed by atoms with Crippen LogP contribution >= 0.6 is 11.8 Å². The lowest BCUT2D eigenvalue weighted by atomic mass is 10.5. The van der Waals surface area contributed by atoms with E-state index in [0.717, 1.165) is 17.5 Å². The molecule has 1 N–H and O–H groups in total. The van der Waals surface area contributed by atoms with Crippen LogP contribution in [0.4, 0.5) is 0 Å². The molecule has 1 aliphatic rings. The van der Waals surface area contributed by atoms with Gasteiger partial charge in [-0.1, -0.05) is 11.8 Å². The van der Waals surface area contributed by atoms with Gasteiger partial charge in [0.25, 0.3) is 5.56 Å². The minimum atomic E-state index is -0.0116. The molecule has 3 heterocycles. The van der Waals surface area contributed by atoms with Gasteiger partial charge in [-0.25, -0.2) is 9.97 Å². The zero-order valence-corrected chi connectivity index (χ0v) is 7.47. The van der Waals surface area contributed by atoms with E-state index >= 15 is 0 Å². The van der Waals surface area contributed by atoms with Gasteiger partial charge in [-0.3, -0.25) is 9.36 Å². The fourth-order valence-corrected chi connectivity index (χ4v) is 2.38. The molecule has 3 rings (SSSR count). The summed E-state index contributed by atoms with van der Waals surface area (Å²) >= 11 is 1.60. The number of hydrogen-bond donors (Lipinski definition) is 1. The molecule has 0 saturated carbocycles. The third-order valence-corrected chi connectivity index (χ3v) is 3.01. The normalized spacial score (nSPS) is 15.1. The smallest absolute Gasteiger partial charge is 0.280 e. The Kier molecular flexibility index (Phi) is 1.29. The van der Waals surface area contributed by atoms with Crippen LogP contribution in [-0.2, 0) is 6.54 Å². The van der Waals surface area contributed by atoms with Gasteiger partial charge in [0.1, 0.15) is 0 Å². The van der Waals surface area contributed by atoms with Crippen LogP contribution < -0.4 is 5.56 Å². The van der Waals surface area contributed by atoms with Gasteiger partial charge in [0.15, 0.2) is 16.3 Å². The van der Waals surface area contributed by atoms with E-state index in [9.17, 15) is 4.79 Å². The van der Waals surface area contributed by atoms with Crippen molar-refractivity contribution in [2.24, 2.45) is 0 Å². The zero-order valence-electron chi connectivity index (χ0n) is 6.65. The number of H-pyrrole nitrogens is 1. The highest BCUT2D eigenvalue weighted by Crippen LogP contribution is 2.21. The summed E-state index contributed by atoms with van der Waals surface area (Å²) in [6.45, 7) is 0.751. The maximum absolute atomic E-state index is 11.7. The van der Waals surface area contributed by atoms with Crippen molar-refractivity contribution in [1.82, 2.24) is 19.5 Å². The van der Waals surface area contributed by atoms with Gasteiger partial charge in [-0.2, -0.15) is 0 Å². The molecule has 5 nitrogen and oxygen atoms in total. The van der Waals surface area contributed by atoms with E-state index in [1.165, 1.54) is 6.33 Å². The highest BCUT2D eigenvalue weighted by molar-refractivity contribution is 7.99. The van der Waals surface area contributed by atoms with Gasteiger partial charge in [0.05, 0.1) is 6.33 Å².